The second kappa shape index (κ2) is 3.93. The molecule has 0 fully saturated rings. The highest BCUT2D eigenvalue weighted by Crippen LogP contribution is 2.25. The number of fused-ring (bicyclic) bond motifs is 1. The third-order valence-electron chi connectivity index (χ3n) is 2.76. The molecule has 0 aliphatic carbocycles. The highest BCUT2D eigenvalue weighted by atomic mass is 15.3. The van der Waals surface area contributed by atoms with Crippen molar-refractivity contribution >= 4 is 11.2 Å². The summed E-state index contributed by atoms with van der Waals surface area (Å²) in [6.45, 7) is 8.46. The fraction of sp³-hybridized carbons (Fsp3) is 0.417. The van der Waals surface area contributed by atoms with Gasteiger partial charge in [0, 0.05) is 19.3 Å². The number of pyridine rings is 1. The van der Waals surface area contributed by atoms with E-state index in [4.69, 9.17) is 0 Å². The SMILES string of the molecule is CCN(CC)c1c(C)nn2ccccc12. The van der Waals surface area contributed by atoms with Crippen molar-refractivity contribution in [3.8, 4) is 0 Å². The summed E-state index contributed by atoms with van der Waals surface area (Å²) in [5, 5.41) is 4.50. The van der Waals surface area contributed by atoms with E-state index in [0.717, 1.165) is 18.8 Å². The number of anilines is 1. The lowest BCUT2D eigenvalue weighted by atomic mass is 10.2. The minimum atomic E-state index is 1.02. The van der Waals surface area contributed by atoms with Gasteiger partial charge in [0.05, 0.1) is 16.9 Å². The molecule has 80 valence electrons. The van der Waals surface area contributed by atoms with E-state index in [1.54, 1.807) is 0 Å². The predicted octanol–water partition coefficient (Wildman–Crippen LogP) is 2.49. The summed E-state index contributed by atoms with van der Waals surface area (Å²) in [6, 6.07) is 6.18. The molecule has 0 aromatic carbocycles. The van der Waals surface area contributed by atoms with E-state index in [9.17, 15) is 0 Å². The van der Waals surface area contributed by atoms with Gasteiger partial charge in [0.2, 0.25) is 0 Å². The fourth-order valence-corrected chi connectivity index (χ4v) is 2.03. The average Bonchev–Trinajstić information content (AvgIpc) is 2.58. The quantitative estimate of drug-likeness (QED) is 0.764. The Bertz CT molecular complexity index is 455. The van der Waals surface area contributed by atoms with Crippen LogP contribution in [-0.4, -0.2) is 22.7 Å². The van der Waals surface area contributed by atoms with E-state index in [2.05, 4.69) is 42.9 Å². The van der Waals surface area contributed by atoms with Crippen LogP contribution in [-0.2, 0) is 0 Å². The van der Waals surface area contributed by atoms with E-state index in [-0.39, 0.29) is 0 Å². The third kappa shape index (κ3) is 1.58. The summed E-state index contributed by atoms with van der Waals surface area (Å²) in [6.07, 6.45) is 2.00. The molecule has 0 aliphatic rings. The largest absolute Gasteiger partial charge is 0.369 e. The average molecular weight is 203 g/mol. The molecule has 0 atom stereocenters. The molecule has 3 nitrogen and oxygen atoms in total. The minimum Gasteiger partial charge on any atom is -0.369 e. The van der Waals surface area contributed by atoms with Gasteiger partial charge in [-0.15, -0.1) is 0 Å². The lowest BCUT2D eigenvalue weighted by molar-refractivity contribution is 0.864. The van der Waals surface area contributed by atoms with Crippen LogP contribution in [0.1, 0.15) is 19.5 Å². The van der Waals surface area contributed by atoms with Gasteiger partial charge in [-0.1, -0.05) is 6.07 Å². The molecule has 2 aromatic rings. The normalized spacial score (nSPS) is 10.9. The standard InChI is InChI=1S/C12H17N3/c1-4-14(5-2)12-10(3)13-15-9-7-6-8-11(12)15/h6-9H,4-5H2,1-3H3. The van der Waals surface area contributed by atoms with Gasteiger partial charge in [-0.25, -0.2) is 4.52 Å². The van der Waals surface area contributed by atoms with E-state index in [0.29, 0.717) is 0 Å². The molecular weight excluding hydrogens is 186 g/mol. The molecule has 3 heteroatoms. The minimum absolute atomic E-state index is 1.02. The Kier molecular flexibility index (Phi) is 2.62. The van der Waals surface area contributed by atoms with E-state index in [1.807, 2.05) is 16.8 Å². The van der Waals surface area contributed by atoms with Gasteiger partial charge in [0.15, 0.2) is 0 Å². The fourth-order valence-electron chi connectivity index (χ4n) is 2.03. The Morgan fingerprint density at radius 2 is 2.00 bits per heavy atom. The molecule has 2 aromatic heterocycles. The van der Waals surface area contributed by atoms with Gasteiger partial charge in [-0.05, 0) is 32.9 Å². The zero-order valence-electron chi connectivity index (χ0n) is 9.57. The van der Waals surface area contributed by atoms with Crippen LogP contribution in [0.25, 0.3) is 5.52 Å². The second-order valence-electron chi connectivity index (χ2n) is 3.64. The van der Waals surface area contributed by atoms with Gasteiger partial charge in [0.25, 0.3) is 0 Å². The lowest BCUT2D eigenvalue weighted by Gasteiger charge is -2.20. The van der Waals surface area contributed by atoms with E-state index < -0.39 is 0 Å². The van der Waals surface area contributed by atoms with Crippen molar-refractivity contribution in [1.29, 1.82) is 0 Å². The molecule has 0 amide bonds. The summed E-state index contributed by atoms with van der Waals surface area (Å²) in [7, 11) is 0. The predicted molar refractivity (Wildman–Crippen MR) is 63.5 cm³/mol. The van der Waals surface area contributed by atoms with Crippen LogP contribution >= 0.6 is 0 Å². The van der Waals surface area contributed by atoms with Gasteiger partial charge >= 0.3 is 0 Å². The molecule has 0 unspecified atom stereocenters. The van der Waals surface area contributed by atoms with E-state index in [1.165, 1.54) is 11.2 Å². The lowest BCUT2D eigenvalue weighted by Crippen LogP contribution is -2.22. The monoisotopic (exact) mass is 203 g/mol. The summed E-state index contributed by atoms with van der Waals surface area (Å²) < 4.78 is 1.95. The second-order valence-corrected chi connectivity index (χ2v) is 3.64. The molecule has 0 N–H and O–H groups in total. The van der Waals surface area contributed by atoms with Crippen LogP contribution in [0.4, 0.5) is 5.69 Å². The summed E-state index contributed by atoms with van der Waals surface area (Å²) >= 11 is 0. The smallest absolute Gasteiger partial charge is 0.0898 e. The molecule has 15 heavy (non-hydrogen) atoms. The molecule has 0 saturated heterocycles. The van der Waals surface area contributed by atoms with Crippen LogP contribution in [0.3, 0.4) is 0 Å². The Balaban J connectivity index is 2.62. The maximum atomic E-state index is 4.50. The molecule has 0 radical (unpaired) electrons. The van der Waals surface area contributed by atoms with Crippen LogP contribution in [0.5, 0.6) is 0 Å². The number of aryl methyl sites for hydroxylation is 1. The van der Waals surface area contributed by atoms with Crippen LogP contribution in [0.15, 0.2) is 24.4 Å². The van der Waals surface area contributed by atoms with Crippen molar-refractivity contribution in [2.75, 3.05) is 18.0 Å². The summed E-state index contributed by atoms with van der Waals surface area (Å²) in [4.78, 5) is 2.34. The summed E-state index contributed by atoms with van der Waals surface area (Å²) in [5.74, 6) is 0. The number of hydrogen-bond acceptors (Lipinski definition) is 2. The highest BCUT2D eigenvalue weighted by molar-refractivity contribution is 5.75. The highest BCUT2D eigenvalue weighted by Gasteiger charge is 2.12. The number of nitrogens with zero attached hydrogens (tertiary/aromatic N) is 3. The topological polar surface area (TPSA) is 20.5 Å². The van der Waals surface area contributed by atoms with Crippen molar-refractivity contribution < 1.29 is 0 Å². The van der Waals surface area contributed by atoms with Crippen molar-refractivity contribution in [2.45, 2.75) is 20.8 Å². The molecule has 0 saturated carbocycles. The Hall–Kier alpha value is -1.51. The van der Waals surface area contributed by atoms with Crippen LogP contribution in [0.2, 0.25) is 0 Å². The number of hydrogen-bond donors (Lipinski definition) is 0. The van der Waals surface area contributed by atoms with Crippen LogP contribution < -0.4 is 4.90 Å². The molecule has 2 heterocycles. The first-order valence-electron chi connectivity index (χ1n) is 5.46. The molecule has 0 aliphatic heterocycles. The van der Waals surface area contributed by atoms with Gasteiger partial charge in [-0.2, -0.15) is 5.10 Å². The maximum Gasteiger partial charge on any atom is 0.0898 e. The zero-order chi connectivity index (χ0) is 10.8. The van der Waals surface area contributed by atoms with Crippen molar-refractivity contribution in [3.05, 3.63) is 30.1 Å². The molecule has 0 spiro atoms. The molecular formula is C12H17N3. The summed E-state index contributed by atoms with van der Waals surface area (Å²) in [5.41, 5.74) is 3.56. The van der Waals surface area contributed by atoms with Crippen molar-refractivity contribution in [1.82, 2.24) is 9.61 Å². The third-order valence-corrected chi connectivity index (χ3v) is 2.76. The number of aromatic nitrogens is 2. The van der Waals surface area contributed by atoms with E-state index >= 15 is 0 Å². The van der Waals surface area contributed by atoms with Crippen molar-refractivity contribution in [2.24, 2.45) is 0 Å². The van der Waals surface area contributed by atoms with Crippen LogP contribution in [0, 0.1) is 6.92 Å². The number of rotatable bonds is 3. The maximum absolute atomic E-state index is 4.50. The molecule has 2 rings (SSSR count). The zero-order valence-corrected chi connectivity index (χ0v) is 9.57. The van der Waals surface area contributed by atoms with Gasteiger partial charge in [-0.3, -0.25) is 0 Å². The first-order valence-corrected chi connectivity index (χ1v) is 5.46. The van der Waals surface area contributed by atoms with Gasteiger partial charge < -0.3 is 4.90 Å². The first kappa shape index (κ1) is 10.0. The van der Waals surface area contributed by atoms with Gasteiger partial charge in [0.1, 0.15) is 0 Å². The Labute approximate surface area is 90.3 Å². The molecule has 0 bridgehead atoms. The Morgan fingerprint density at radius 3 is 2.67 bits per heavy atom. The Morgan fingerprint density at radius 1 is 1.27 bits per heavy atom. The first-order chi connectivity index (χ1) is 7.27. The van der Waals surface area contributed by atoms with Crippen molar-refractivity contribution in [3.63, 3.8) is 0 Å².